The van der Waals surface area contributed by atoms with E-state index in [0.717, 1.165) is 12.8 Å². The molecule has 2 N–H and O–H groups in total. The number of nitrogens with zero attached hydrogens (tertiary/aromatic N) is 1. The third kappa shape index (κ3) is 3.38. The monoisotopic (exact) mass is 300 g/mol. The Morgan fingerprint density at radius 3 is 2.63 bits per heavy atom. The lowest BCUT2D eigenvalue weighted by atomic mass is 10.1. The number of nitriles is 1. The minimum atomic E-state index is -3.76. The summed E-state index contributed by atoms with van der Waals surface area (Å²) in [5.41, 5.74) is -0.0588. The fourth-order valence-electron chi connectivity index (χ4n) is 1.72. The Morgan fingerprint density at radius 2 is 2.16 bits per heavy atom. The Morgan fingerprint density at radius 1 is 1.47 bits per heavy atom. The highest BCUT2D eigenvalue weighted by Crippen LogP contribution is 2.49. The first-order chi connectivity index (χ1) is 8.86. The van der Waals surface area contributed by atoms with Crippen LogP contribution in [0, 0.1) is 16.7 Å². The Kier molecular flexibility index (Phi) is 3.72. The van der Waals surface area contributed by atoms with Crippen LogP contribution in [0.15, 0.2) is 23.1 Å². The van der Waals surface area contributed by atoms with E-state index in [9.17, 15) is 8.42 Å². The summed E-state index contributed by atoms with van der Waals surface area (Å²) in [6, 6.07) is 6.23. The maximum Gasteiger partial charge on any atom is 0.238 e. The third-order valence-corrected chi connectivity index (χ3v) is 4.38. The van der Waals surface area contributed by atoms with E-state index in [-0.39, 0.29) is 15.3 Å². The molecule has 1 aliphatic carbocycles. The molecule has 1 aliphatic rings. The Bertz CT molecular complexity index is 633. The highest BCUT2D eigenvalue weighted by molar-refractivity contribution is 7.89. The van der Waals surface area contributed by atoms with Crippen molar-refractivity contribution >= 4 is 21.6 Å². The minimum absolute atomic E-state index is 0.0528. The number of primary sulfonamides is 1. The molecule has 0 aromatic heterocycles. The van der Waals surface area contributed by atoms with Crippen LogP contribution in [0.1, 0.15) is 19.3 Å². The lowest BCUT2D eigenvalue weighted by Crippen LogP contribution is -2.14. The Balaban J connectivity index is 2.09. The summed E-state index contributed by atoms with van der Waals surface area (Å²) >= 11 is 5.95. The lowest BCUT2D eigenvalue weighted by molar-refractivity contribution is 0.237. The van der Waals surface area contributed by atoms with Gasteiger partial charge >= 0.3 is 0 Å². The van der Waals surface area contributed by atoms with Gasteiger partial charge in [-0.3, -0.25) is 0 Å². The number of hydrogen-bond donors (Lipinski definition) is 1. The van der Waals surface area contributed by atoms with Crippen molar-refractivity contribution in [3.63, 3.8) is 0 Å². The molecule has 0 saturated heterocycles. The van der Waals surface area contributed by atoms with Crippen LogP contribution < -0.4 is 9.88 Å². The molecule has 19 heavy (non-hydrogen) atoms. The zero-order chi connectivity index (χ0) is 14.1. The van der Waals surface area contributed by atoms with Crippen LogP contribution in [0.5, 0.6) is 5.75 Å². The van der Waals surface area contributed by atoms with Crippen molar-refractivity contribution in [1.29, 1.82) is 5.26 Å². The summed E-state index contributed by atoms with van der Waals surface area (Å²) in [5, 5.41) is 13.9. The lowest BCUT2D eigenvalue weighted by Gasteiger charge is -2.14. The molecule has 0 heterocycles. The van der Waals surface area contributed by atoms with Crippen molar-refractivity contribution in [2.24, 2.45) is 10.6 Å². The van der Waals surface area contributed by atoms with E-state index < -0.39 is 10.0 Å². The van der Waals surface area contributed by atoms with Gasteiger partial charge in [0.25, 0.3) is 0 Å². The smallest absolute Gasteiger partial charge is 0.238 e. The van der Waals surface area contributed by atoms with Crippen molar-refractivity contribution in [3.8, 4) is 11.8 Å². The van der Waals surface area contributed by atoms with Gasteiger partial charge in [-0.05, 0) is 31.0 Å². The summed E-state index contributed by atoms with van der Waals surface area (Å²) < 4.78 is 27.9. The van der Waals surface area contributed by atoms with Gasteiger partial charge in [-0.15, -0.1) is 0 Å². The molecular formula is C12H13ClN2O3S. The molecule has 7 heteroatoms. The van der Waals surface area contributed by atoms with Crippen molar-refractivity contribution < 1.29 is 13.2 Å². The highest BCUT2D eigenvalue weighted by atomic mass is 35.5. The molecule has 0 aliphatic heterocycles. The van der Waals surface area contributed by atoms with E-state index in [1.54, 1.807) is 0 Å². The van der Waals surface area contributed by atoms with E-state index in [4.69, 9.17) is 26.7 Å². The Hall–Kier alpha value is -1.29. The molecule has 0 bridgehead atoms. The van der Waals surface area contributed by atoms with Crippen LogP contribution in [-0.4, -0.2) is 15.0 Å². The standard InChI is InChI=1S/C12H13ClN2O3S/c13-10-7-9(19(15,16)17)1-2-11(10)18-8-12(3-4-12)5-6-14/h1-2,7H,3-5,8H2,(H2,15,16,17). The van der Waals surface area contributed by atoms with Gasteiger partial charge in [0.2, 0.25) is 10.0 Å². The molecule has 1 aromatic carbocycles. The van der Waals surface area contributed by atoms with Crippen LogP contribution in [-0.2, 0) is 10.0 Å². The van der Waals surface area contributed by atoms with E-state index in [1.807, 2.05) is 0 Å². The molecule has 5 nitrogen and oxygen atoms in total. The van der Waals surface area contributed by atoms with Crippen LogP contribution in [0.3, 0.4) is 0 Å². The number of hydrogen-bond acceptors (Lipinski definition) is 4. The van der Waals surface area contributed by atoms with E-state index in [0.29, 0.717) is 18.8 Å². The van der Waals surface area contributed by atoms with E-state index in [1.165, 1.54) is 18.2 Å². The van der Waals surface area contributed by atoms with Gasteiger partial charge in [0.15, 0.2) is 0 Å². The molecule has 102 valence electrons. The first-order valence-corrected chi connectivity index (χ1v) is 7.61. The number of halogens is 1. The average Bonchev–Trinajstić information content (AvgIpc) is 3.07. The average molecular weight is 301 g/mol. The first-order valence-electron chi connectivity index (χ1n) is 5.68. The van der Waals surface area contributed by atoms with Gasteiger partial charge in [0.1, 0.15) is 5.75 Å². The van der Waals surface area contributed by atoms with Gasteiger partial charge in [0, 0.05) is 11.8 Å². The molecular weight excluding hydrogens is 288 g/mol. The van der Waals surface area contributed by atoms with Crippen LogP contribution in [0.25, 0.3) is 0 Å². The zero-order valence-electron chi connectivity index (χ0n) is 10.1. The second-order valence-electron chi connectivity index (χ2n) is 4.76. The molecule has 1 saturated carbocycles. The number of ether oxygens (including phenoxy) is 1. The van der Waals surface area contributed by atoms with Gasteiger partial charge in [-0.2, -0.15) is 5.26 Å². The number of benzene rings is 1. The first kappa shape index (κ1) is 14.1. The molecule has 0 unspecified atom stereocenters. The second kappa shape index (κ2) is 5.00. The maximum absolute atomic E-state index is 11.2. The summed E-state index contributed by atoms with van der Waals surface area (Å²) in [4.78, 5) is -0.0528. The molecule has 1 fully saturated rings. The minimum Gasteiger partial charge on any atom is -0.491 e. The van der Waals surface area contributed by atoms with Crippen molar-refractivity contribution in [2.45, 2.75) is 24.2 Å². The Labute approximate surface area is 117 Å². The summed E-state index contributed by atoms with van der Waals surface area (Å²) in [6.45, 7) is 0.412. The van der Waals surface area contributed by atoms with Crippen LogP contribution >= 0.6 is 11.6 Å². The van der Waals surface area contributed by atoms with Crippen molar-refractivity contribution in [2.75, 3.05) is 6.61 Å². The van der Waals surface area contributed by atoms with E-state index >= 15 is 0 Å². The molecule has 2 rings (SSSR count). The van der Waals surface area contributed by atoms with Crippen molar-refractivity contribution in [3.05, 3.63) is 23.2 Å². The molecule has 0 radical (unpaired) electrons. The second-order valence-corrected chi connectivity index (χ2v) is 6.73. The van der Waals surface area contributed by atoms with Gasteiger partial charge < -0.3 is 4.74 Å². The van der Waals surface area contributed by atoms with Gasteiger partial charge in [-0.1, -0.05) is 11.6 Å². The quantitative estimate of drug-likeness (QED) is 0.900. The summed E-state index contributed by atoms with van der Waals surface area (Å²) in [6.07, 6.45) is 2.39. The molecule has 0 spiro atoms. The van der Waals surface area contributed by atoms with Gasteiger partial charge in [-0.25, -0.2) is 13.6 Å². The number of rotatable bonds is 5. The summed E-state index contributed by atoms with van der Waals surface area (Å²) in [7, 11) is -3.76. The van der Waals surface area contributed by atoms with Gasteiger partial charge in [0.05, 0.1) is 22.6 Å². The topological polar surface area (TPSA) is 93.2 Å². The highest BCUT2D eigenvalue weighted by Gasteiger charge is 2.43. The number of nitrogens with two attached hydrogens (primary N) is 1. The molecule has 0 atom stereocenters. The largest absolute Gasteiger partial charge is 0.491 e. The predicted octanol–water partition coefficient (Wildman–Crippen LogP) is 2.06. The zero-order valence-corrected chi connectivity index (χ0v) is 11.7. The molecule has 1 aromatic rings. The summed E-state index contributed by atoms with van der Waals surface area (Å²) in [5.74, 6) is 0.401. The third-order valence-electron chi connectivity index (χ3n) is 3.18. The fourth-order valence-corrected chi connectivity index (χ4v) is 2.56. The van der Waals surface area contributed by atoms with E-state index in [2.05, 4.69) is 6.07 Å². The van der Waals surface area contributed by atoms with Crippen molar-refractivity contribution in [1.82, 2.24) is 0 Å². The van der Waals surface area contributed by atoms with Crippen LogP contribution in [0.2, 0.25) is 5.02 Å². The van der Waals surface area contributed by atoms with Crippen LogP contribution in [0.4, 0.5) is 0 Å². The molecule has 0 amide bonds. The SMILES string of the molecule is N#CCC1(COc2ccc(S(N)(=O)=O)cc2Cl)CC1. The number of sulfonamides is 1. The maximum atomic E-state index is 11.2. The normalized spacial score (nSPS) is 16.7. The fraction of sp³-hybridized carbons (Fsp3) is 0.417. The predicted molar refractivity (Wildman–Crippen MR) is 70.2 cm³/mol.